The molecule has 1 aromatic heterocycles. The third-order valence-electron chi connectivity index (χ3n) is 2.96. The Morgan fingerprint density at radius 1 is 1.26 bits per heavy atom. The van der Waals surface area contributed by atoms with Crippen molar-refractivity contribution in [1.82, 2.24) is 9.97 Å². The normalized spacial score (nSPS) is 10.5. The Balaban J connectivity index is 2.16. The SMILES string of the molecule is Cc1cc(NC(=O)c2ccncn2)ccc1C(C)C. The summed E-state index contributed by atoms with van der Waals surface area (Å²) in [5, 5.41) is 2.84. The molecule has 0 spiro atoms. The van der Waals surface area contributed by atoms with Gasteiger partial charge < -0.3 is 5.32 Å². The highest BCUT2D eigenvalue weighted by Crippen LogP contribution is 2.22. The fourth-order valence-electron chi connectivity index (χ4n) is 2.02. The Morgan fingerprint density at radius 3 is 2.63 bits per heavy atom. The van der Waals surface area contributed by atoms with Gasteiger partial charge in [-0.3, -0.25) is 4.79 Å². The number of amides is 1. The molecule has 0 radical (unpaired) electrons. The predicted octanol–water partition coefficient (Wildman–Crippen LogP) is 3.16. The van der Waals surface area contributed by atoms with E-state index in [-0.39, 0.29) is 5.91 Å². The van der Waals surface area contributed by atoms with Crippen molar-refractivity contribution in [3.8, 4) is 0 Å². The van der Waals surface area contributed by atoms with Crippen molar-refractivity contribution >= 4 is 11.6 Å². The number of anilines is 1. The third kappa shape index (κ3) is 3.16. The third-order valence-corrected chi connectivity index (χ3v) is 2.96. The Labute approximate surface area is 112 Å². The lowest BCUT2D eigenvalue weighted by atomic mass is 9.98. The van der Waals surface area contributed by atoms with Crippen molar-refractivity contribution in [3.05, 3.63) is 53.6 Å². The van der Waals surface area contributed by atoms with Crippen LogP contribution < -0.4 is 5.32 Å². The zero-order valence-electron chi connectivity index (χ0n) is 11.3. The molecule has 0 unspecified atom stereocenters. The maximum Gasteiger partial charge on any atom is 0.274 e. The Hall–Kier alpha value is -2.23. The number of hydrogen-bond donors (Lipinski definition) is 1. The van der Waals surface area contributed by atoms with Gasteiger partial charge in [0.15, 0.2) is 0 Å². The van der Waals surface area contributed by atoms with E-state index in [9.17, 15) is 4.79 Å². The van der Waals surface area contributed by atoms with Crippen LogP contribution in [0.2, 0.25) is 0 Å². The minimum atomic E-state index is -0.223. The maximum absolute atomic E-state index is 11.9. The van der Waals surface area contributed by atoms with Crippen molar-refractivity contribution < 1.29 is 4.79 Å². The van der Waals surface area contributed by atoms with Gasteiger partial charge in [0.05, 0.1) is 0 Å². The molecular formula is C15H17N3O. The van der Waals surface area contributed by atoms with Crippen molar-refractivity contribution in [2.45, 2.75) is 26.7 Å². The fraction of sp³-hybridized carbons (Fsp3) is 0.267. The van der Waals surface area contributed by atoms with Gasteiger partial charge in [-0.15, -0.1) is 0 Å². The zero-order chi connectivity index (χ0) is 13.8. The minimum Gasteiger partial charge on any atom is -0.321 e. The lowest BCUT2D eigenvalue weighted by Crippen LogP contribution is -2.13. The molecule has 1 heterocycles. The van der Waals surface area contributed by atoms with Crippen LogP contribution in [-0.4, -0.2) is 15.9 Å². The summed E-state index contributed by atoms with van der Waals surface area (Å²) in [5.74, 6) is 0.255. The molecule has 2 rings (SSSR count). The van der Waals surface area contributed by atoms with Crippen molar-refractivity contribution in [3.63, 3.8) is 0 Å². The number of benzene rings is 1. The first-order valence-corrected chi connectivity index (χ1v) is 6.26. The van der Waals surface area contributed by atoms with Gasteiger partial charge in [-0.2, -0.15) is 0 Å². The lowest BCUT2D eigenvalue weighted by Gasteiger charge is -2.12. The van der Waals surface area contributed by atoms with E-state index < -0.39 is 0 Å². The van der Waals surface area contributed by atoms with Gasteiger partial charge >= 0.3 is 0 Å². The molecule has 2 aromatic rings. The highest BCUT2D eigenvalue weighted by Gasteiger charge is 2.09. The number of aromatic nitrogens is 2. The molecule has 4 nitrogen and oxygen atoms in total. The molecule has 0 atom stereocenters. The minimum absolute atomic E-state index is 0.223. The van der Waals surface area contributed by atoms with Gasteiger partial charge in [0, 0.05) is 11.9 Å². The van der Waals surface area contributed by atoms with Crippen LogP contribution in [0.25, 0.3) is 0 Å². The van der Waals surface area contributed by atoms with Crippen LogP contribution >= 0.6 is 0 Å². The van der Waals surface area contributed by atoms with Gasteiger partial charge in [-0.1, -0.05) is 19.9 Å². The van der Waals surface area contributed by atoms with Gasteiger partial charge in [-0.05, 0) is 42.2 Å². The summed E-state index contributed by atoms with van der Waals surface area (Å²) in [6.07, 6.45) is 2.91. The first kappa shape index (κ1) is 13.2. The molecule has 1 amide bonds. The largest absolute Gasteiger partial charge is 0.321 e. The summed E-state index contributed by atoms with van der Waals surface area (Å²) in [5.41, 5.74) is 3.61. The molecule has 98 valence electrons. The van der Waals surface area contributed by atoms with Gasteiger partial charge in [0.1, 0.15) is 12.0 Å². The molecule has 0 aliphatic rings. The van der Waals surface area contributed by atoms with E-state index in [0.717, 1.165) is 5.69 Å². The quantitative estimate of drug-likeness (QED) is 0.916. The average molecular weight is 255 g/mol. The van der Waals surface area contributed by atoms with Crippen molar-refractivity contribution in [2.75, 3.05) is 5.32 Å². The Kier molecular flexibility index (Phi) is 3.90. The fourth-order valence-corrected chi connectivity index (χ4v) is 2.02. The van der Waals surface area contributed by atoms with Gasteiger partial charge in [-0.25, -0.2) is 9.97 Å². The van der Waals surface area contributed by atoms with Crippen LogP contribution in [0.1, 0.15) is 41.4 Å². The molecule has 0 aliphatic carbocycles. The zero-order valence-corrected chi connectivity index (χ0v) is 11.3. The van der Waals surface area contributed by atoms with Crippen LogP contribution in [0.4, 0.5) is 5.69 Å². The predicted molar refractivity (Wildman–Crippen MR) is 75.3 cm³/mol. The molecule has 0 bridgehead atoms. The van der Waals surface area contributed by atoms with Crippen molar-refractivity contribution in [2.24, 2.45) is 0 Å². The van der Waals surface area contributed by atoms with Gasteiger partial charge in [0.2, 0.25) is 0 Å². The molecule has 4 heteroatoms. The molecule has 1 aromatic carbocycles. The second kappa shape index (κ2) is 5.61. The van der Waals surface area contributed by atoms with Crippen molar-refractivity contribution in [1.29, 1.82) is 0 Å². The van der Waals surface area contributed by atoms with Crippen LogP contribution in [0.3, 0.4) is 0 Å². The summed E-state index contributed by atoms with van der Waals surface area (Å²) in [6, 6.07) is 7.54. The van der Waals surface area contributed by atoms with Crippen LogP contribution in [0.15, 0.2) is 36.8 Å². The molecule has 0 fully saturated rings. The number of nitrogens with one attached hydrogen (secondary N) is 1. The summed E-state index contributed by atoms with van der Waals surface area (Å²) >= 11 is 0. The number of carbonyl (C=O) groups excluding carboxylic acids is 1. The topological polar surface area (TPSA) is 54.9 Å². The summed E-state index contributed by atoms with van der Waals surface area (Å²) < 4.78 is 0. The monoisotopic (exact) mass is 255 g/mol. The number of nitrogens with zero attached hydrogens (tertiary/aromatic N) is 2. The maximum atomic E-state index is 11.9. The molecule has 0 aliphatic heterocycles. The highest BCUT2D eigenvalue weighted by atomic mass is 16.1. The number of carbonyl (C=O) groups is 1. The molecule has 19 heavy (non-hydrogen) atoms. The molecule has 0 saturated heterocycles. The molecule has 0 saturated carbocycles. The highest BCUT2D eigenvalue weighted by molar-refractivity contribution is 6.02. The van der Waals surface area contributed by atoms with E-state index in [4.69, 9.17) is 0 Å². The molecule has 1 N–H and O–H groups in total. The van der Waals surface area contributed by atoms with Gasteiger partial charge in [0.25, 0.3) is 5.91 Å². The number of hydrogen-bond acceptors (Lipinski definition) is 3. The Bertz CT molecular complexity index is 579. The van der Waals surface area contributed by atoms with Crippen LogP contribution in [0, 0.1) is 6.92 Å². The van der Waals surface area contributed by atoms with E-state index in [0.29, 0.717) is 11.6 Å². The van der Waals surface area contributed by atoms with E-state index in [1.54, 1.807) is 12.3 Å². The first-order chi connectivity index (χ1) is 9.08. The smallest absolute Gasteiger partial charge is 0.274 e. The number of rotatable bonds is 3. The average Bonchev–Trinajstić information content (AvgIpc) is 2.39. The Morgan fingerprint density at radius 2 is 2.05 bits per heavy atom. The van der Waals surface area contributed by atoms with E-state index in [1.807, 2.05) is 12.1 Å². The second-order valence-corrected chi connectivity index (χ2v) is 4.77. The van der Waals surface area contributed by atoms with E-state index >= 15 is 0 Å². The summed E-state index contributed by atoms with van der Waals surface area (Å²) in [7, 11) is 0. The standard InChI is InChI=1S/C15H17N3O/c1-10(2)13-5-4-12(8-11(13)3)18-15(19)14-6-7-16-9-17-14/h4-10H,1-3H3,(H,18,19). The lowest BCUT2D eigenvalue weighted by molar-refractivity contribution is 0.102. The van der Waals surface area contributed by atoms with E-state index in [1.165, 1.54) is 17.5 Å². The summed E-state index contributed by atoms with van der Waals surface area (Å²) in [4.78, 5) is 19.7. The first-order valence-electron chi connectivity index (χ1n) is 6.26. The second-order valence-electron chi connectivity index (χ2n) is 4.77. The number of aryl methyl sites for hydroxylation is 1. The summed E-state index contributed by atoms with van der Waals surface area (Å²) in [6.45, 7) is 6.36. The molecular weight excluding hydrogens is 238 g/mol. The van der Waals surface area contributed by atoms with E-state index in [2.05, 4.69) is 42.1 Å². The van der Waals surface area contributed by atoms with Crippen LogP contribution in [-0.2, 0) is 0 Å². The van der Waals surface area contributed by atoms with Crippen LogP contribution in [0.5, 0.6) is 0 Å².